The smallest absolute Gasteiger partial charge is 0.231 e. The molecule has 30 heavy (non-hydrogen) atoms. The lowest BCUT2D eigenvalue weighted by Gasteiger charge is -2.17. The number of thioether (sulfide) groups is 1. The quantitative estimate of drug-likeness (QED) is 0.483. The maximum absolute atomic E-state index is 12.6. The average molecular weight is 451 g/mol. The van der Waals surface area contributed by atoms with Gasteiger partial charge in [-0.3, -0.25) is 9.59 Å². The molecule has 1 aromatic heterocycles. The van der Waals surface area contributed by atoms with Crippen LogP contribution in [0.2, 0.25) is 0 Å². The van der Waals surface area contributed by atoms with Crippen LogP contribution in [-0.2, 0) is 19.1 Å². The van der Waals surface area contributed by atoms with Gasteiger partial charge in [-0.05, 0) is 12.1 Å². The van der Waals surface area contributed by atoms with Crippen LogP contribution in [0, 0.1) is 5.92 Å². The molecule has 9 nitrogen and oxygen atoms in total. The van der Waals surface area contributed by atoms with E-state index < -0.39 is 5.92 Å². The molecule has 0 aliphatic carbocycles. The van der Waals surface area contributed by atoms with E-state index in [1.807, 2.05) is 18.2 Å². The highest BCUT2D eigenvalue weighted by atomic mass is 32.2. The molecule has 0 saturated carbocycles. The number of nitrogens with one attached hydrogen (secondary N) is 1. The Labute approximate surface area is 182 Å². The number of nitrogens with zero attached hydrogens (tertiary/aromatic N) is 3. The number of amides is 2. The van der Waals surface area contributed by atoms with Crippen molar-refractivity contribution in [1.29, 1.82) is 0 Å². The lowest BCUT2D eigenvalue weighted by Crippen LogP contribution is -2.28. The number of benzene rings is 1. The van der Waals surface area contributed by atoms with Gasteiger partial charge in [0, 0.05) is 36.9 Å². The molecule has 0 bridgehead atoms. The third kappa shape index (κ3) is 5.09. The van der Waals surface area contributed by atoms with Crippen molar-refractivity contribution < 1.29 is 23.8 Å². The van der Waals surface area contributed by atoms with Gasteiger partial charge >= 0.3 is 0 Å². The van der Waals surface area contributed by atoms with Crippen molar-refractivity contribution in [2.24, 2.45) is 5.92 Å². The second kappa shape index (κ2) is 9.73. The average Bonchev–Trinajstić information content (AvgIpc) is 3.50. The summed E-state index contributed by atoms with van der Waals surface area (Å²) in [4.78, 5) is 26.7. The molecule has 3 heterocycles. The molecule has 2 aliphatic rings. The summed E-state index contributed by atoms with van der Waals surface area (Å²) in [6.45, 7) is 1.60. The third-order valence-corrected chi connectivity index (χ3v) is 6.77. The number of hydrogen-bond donors (Lipinski definition) is 1. The summed E-state index contributed by atoms with van der Waals surface area (Å²) in [6, 6.07) is 7.25. The minimum Gasteiger partial charge on any atom is -0.497 e. The lowest BCUT2D eigenvalue weighted by atomic mass is 10.1. The number of carbonyl (C=O) groups is 2. The van der Waals surface area contributed by atoms with E-state index in [9.17, 15) is 9.59 Å². The largest absolute Gasteiger partial charge is 0.497 e. The highest BCUT2D eigenvalue weighted by molar-refractivity contribution is 8.01. The van der Waals surface area contributed by atoms with E-state index in [4.69, 9.17) is 14.2 Å². The van der Waals surface area contributed by atoms with Gasteiger partial charge in [-0.25, -0.2) is 0 Å². The zero-order chi connectivity index (χ0) is 20.9. The monoisotopic (exact) mass is 450 g/mol. The zero-order valence-corrected chi connectivity index (χ0v) is 18.0. The van der Waals surface area contributed by atoms with Gasteiger partial charge in [-0.1, -0.05) is 29.2 Å². The van der Waals surface area contributed by atoms with Crippen LogP contribution in [0.25, 0.3) is 0 Å². The molecule has 0 unspecified atom stereocenters. The first-order valence-electron chi connectivity index (χ1n) is 9.57. The van der Waals surface area contributed by atoms with Gasteiger partial charge in [-0.15, -0.1) is 10.2 Å². The van der Waals surface area contributed by atoms with Gasteiger partial charge < -0.3 is 24.4 Å². The minimum atomic E-state index is -0.444. The van der Waals surface area contributed by atoms with Gasteiger partial charge in [0.1, 0.15) is 5.75 Å². The van der Waals surface area contributed by atoms with Crippen molar-refractivity contribution in [1.82, 2.24) is 10.2 Å². The Bertz CT molecular complexity index is 903. The Morgan fingerprint density at radius 3 is 3.00 bits per heavy atom. The van der Waals surface area contributed by atoms with Crippen molar-refractivity contribution in [3.8, 4) is 5.75 Å². The van der Waals surface area contributed by atoms with Crippen molar-refractivity contribution >= 4 is 45.7 Å². The molecule has 2 aromatic rings. The Hall–Kier alpha value is -2.21. The Morgan fingerprint density at radius 1 is 1.37 bits per heavy atom. The summed E-state index contributed by atoms with van der Waals surface area (Å²) >= 11 is 2.87. The molecular weight excluding hydrogens is 428 g/mol. The predicted molar refractivity (Wildman–Crippen MR) is 113 cm³/mol. The van der Waals surface area contributed by atoms with Gasteiger partial charge in [-0.2, -0.15) is 0 Å². The van der Waals surface area contributed by atoms with E-state index in [2.05, 4.69) is 15.5 Å². The minimum absolute atomic E-state index is 0.0896. The zero-order valence-electron chi connectivity index (χ0n) is 16.4. The van der Waals surface area contributed by atoms with E-state index in [1.165, 1.54) is 11.3 Å². The summed E-state index contributed by atoms with van der Waals surface area (Å²) in [5.41, 5.74) is 0.722. The van der Waals surface area contributed by atoms with Gasteiger partial charge in [0.05, 0.1) is 26.2 Å². The van der Waals surface area contributed by atoms with E-state index in [-0.39, 0.29) is 24.5 Å². The van der Waals surface area contributed by atoms with Crippen molar-refractivity contribution in [2.75, 3.05) is 42.8 Å². The second-order valence-electron chi connectivity index (χ2n) is 6.78. The lowest BCUT2D eigenvalue weighted by molar-refractivity contribution is -0.122. The molecule has 1 N–H and O–H groups in total. The molecule has 2 aliphatic heterocycles. The molecule has 2 amide bonds. The second-order valence-corrected chi connectivity index (χ2v) is 9.10. The summed E-state index contributed by atoms with van der Waals surface area (Å²) in [6.07, 6.45) is 0.790. The number of ether oxygens (including phenoxy) is 3. The van der Waals surface area contributed by atoms with Crippen LogP contribution < -0.4 is 15.0 Å². The molecule has 2 fully saturated rings. The molecule has 160 valence electrons. The van der Waals surface area contributed by atoms with Crippen LogP contribution in [0.4, 0.5) is 10.8 Å². The molecule has 4 rings (SSSR count). The van der Waals surface area contributed by atoms with Crippen LogP contribution in [0.15, 0.2) is 28.6 Å². The van der Waals surface area contributed by atoms with E-state index in [0.717, 1.165) is 22.2 Å². The molecule has 0 radical (unpaired) electrons. The number of aromatic nitrogens is 2. The van der Waals surface area contributed by atoms with Crippen LogP contribution in [-0.4, -0.2) is 60.9 Å². The Balaban J connectivity index is 1.28. The Kier molecular flexibility index (Phi) is 6.82. The molecule has 0 spiro atoms. The van der Waals surface area contributed by atoms with Gasteiger partial charge in [0.25, 0.3) is 0 Å². The summed E-state index contributed by atoms with van der Waals surface area (Å²) in [7, 11) is 1.58. The van der Waals surface area contributed by atoms with Crippen molar-refractivity contribution in [3.05, 3.63) is 24.3 Å². The maximum atomic E-state index is 12.6. The fourth-order valence-corrected chi connectivity index (χ4v) is 5.04. The van der Waals surface area contributed by atoms with Crippen LogP contribution in [0.3, 0.4) is 0 Å². The summed E-state index contributed by atoms with van der Waals surface area (Å²) < 4.78 is 16.8. The fraction of sp³-hybridized carbons (Fsp3) is 0.474. The van der Waals surface area contributed by atoms with E-state index >= 15 is 0 Å². The van der Waals surface area contributed by atoms with Crippen LogP contribution in [0.1, 0.15) is 12.8 Å². The highest BCUT2D eigenvalue weighted by Crippen LogP contribution is 2.30. The van der Waals surface area contributed by atoms with E-state index in [1.54, 1.807) is 29.8 Å². The number of methoxy groups -OCH3 is 1. The standard InChI is InChI=1S/C19H22N4O5S2/c1-26-14-4-2-3-13(10-14)23-11-12(9-15(23)24)17(25)20-18-21-22-19(30-18)29-8-5-16-27-6-7-28-16/h2-4,10,12,16H,5-9,11H2,1H3,(H,20,21,25)/t12-/m0/s1. The normalized spacial score (nSPS) is 19.4. The summed E-state index contributed by atoms with van der Waals surface area (Å²) in [5.74, 6) is 0.695. The number of carbonyl (C=O) groups excluding carboxylic acids is 2. The fourth-order valence-electron chi connectivity index (χ4n) is 3.25. The first-order chi connectivity index (χ1) is 14.6. The van der Waals surface area contributed by atoms with E-state index in [0.29, 0.717) is 30.6 Å². The SMILES string of the molecule is COc1cccc(N2C[C@@H](C(=O)Nc3nnc(SCCC4OCCO4)s3)CC2=O)c1. The molecule has 11 heteroatoms. The third-order valence-electron chi connectivity index (χ3n) is 4.77. The number of hydrogen-bond acceptors (Lipinski definition) is 9. The molecule has 1 atom stereocenters. The number of rotatable bonds is 8. The Morgan fingerprint density at radius 2 is 2.20 bits per heavy atom. The van der Waals surface area contributed by atoms with Gasteiger partial charge in [0.15, 0.2) is 10.6 Å². The first kappa shape index (κ1) is 21.0. The predicted octanol–water partition coefficient (Wildman–Crippen LogP) is 2.39. The topological polar surface area (TPSA) is 103 Å². The summed E-state index contributed by atoms with van der Waals surface area (Å²) in [5, 5.41) is 11.4. The van der Waals surface area contributed by atoms with Crippen molar-refractivity contribution in [2.45, 2.75) is 23.5 Å². The molecular formula is C19H22N4O5S2. The number of anilines is 2. The van der Waals surface area contributed by atoms with Crippen LogP contribution >= 0.6 is 23.1 Å². The highest BCUT2D eigenvalue weighted by Gasteiger charge is 2.35. The molecule has 1 aromatic carbocycles. The maximum Gasteiger partial charge on any atom is 0.231 e. The van der Waals surface area contributed by atoms with Crippen LogP contribution in [0.5, 0.6) is 5.75 Å². The van der Waals surface area contributed by atoms with Crippen molar-refractivity contribution in [3.63, 3.8) is 0 Å². The first-order valence-corrected chi connectivity index (χ1v) is 11.4. The molecule has 2 saturated heterocycles. The van der Waals surface area contributed by atoms with Gasteiger partial charge in [0.2, 0.25) is 16.9 Å².